The van der Waals surface area contributed by atoms with Crippen LogP contribution in [-0.4, -0.2) is 31.2 Å². The molecule has 1 aromatic rings. The lowest BCUT2D eigenvalue weighted by molar-refractivity contribution is -0.137. The Morgan fingerprint density at radius 2 is 1.89 bits per heavy atom. The number of fused-ring (bicyclic) bond motifs is 1. The van der Waals surface area contributed by atoms with Crippen LogP contribution in [0.15, 0.2) is 18.3 Å². The van der Waals surface area contributed by atoms with Gasteiger partial charge in [-0.15, -0.1) is 0 Å². The van der Waals surface area contributed by atoms with Crippen LogP contribution in [0.5, 0.6) is 0 Å². The molecule has 3 rings (SSSR count). The normalized spacial score (nSPS) is 27.6. The first kappa shape index (κ1) is 11.8. The van der Waals surface area contributed by atoms with Gasteiger partial charge in [0, 0.05) is 32.4 Å². The SMILES string of the molecule is FC(F)(F)c1ccnc(N2CC3CNCC3C2)c1. The molecule has 1 N–H and O–H groups in total. The molecule has 0 radical (unpaired) electrons. The molecule has 2 unspecified atom stereocenters. The van der Waals surface area contributed by atoms with E-state index in [-0.39, 0.29) is 0 Å². The summed E-state index contributed by atoms with van der Waals surface area (Å²) in [5, 5.41) is 3.30. The molecule has 0 spiro atoms. The van der Waals surface area contributed by atoms with Crippen molar-refractivity contribution in [3.05, 3.63) is 23.9 Å². The summed E-state index contributed by atoms with van der Waals surface area (Å²) in [6, 6.07) is 2.16. The molecule has 3 nitrogen and oxygen atoms in total. The van der Waals surface area contributed by atoms with E-state index in [1.54, 1.807) is 0 Å². The van der Waals surface area contributed by atoms with E-state index in [9.17, 15) is 13.2 Å². The third kappa shape index (κ3) is 2.05. The molecule has 6 heteroatoms. The van der Waals surface area contributed by atoms with Crippen LogP contribution in [0.3, 0.4) is 0 Å². The Bertz CT molecular complexity index is 434. The van der Waals surface area contributed by atoms with E-state index >= 15 is 0 Å². The summed E-state index contributed by atoms with van der Waals surface area (Å²) >= 11 is 0. The van der Waals surface area contributed by atoms with Gasteiger partial charge < -0.3 is 10.2 Å². The highest BCUT2D eigenvalue weighted by Crippen LogP contribution is 2.33. The molecule has 0 saturated carbocycles. The summed E-state index contributed by atoms with van der Waals surface area (Å²) in [6.45, 7) is 3.51. The molecule has 0 aliphatic carbocycles. The van der Waals surface area contributed by atoms with Crippen molar-refractivity contribution in [3.63, 3.8) is 0 Å². The van der Waals surface area contributed by atoms with E-state index < -0.39 is 11.7 Å². The number of nitrogens with one attached hydrogen (secondary N) is 1. The summed E-state index contributed by atoms with van der Waals surface area (Å²) in [4.78, 5) is 6.03. The van der Waals surface area contributed by atoms with Crippen molar-refractivity contribution >= 4 is 5.82 Å². The number of aromatic nitrogens is 1. The molecule has 2 atom stereocenters. The van der Waals surface area contributed by atoms with Crippen molar-refractivity contribution in [2.24, 2.45) is 11.8 Å². The van der Waals surface area contributed by atoms with E-state index in [1.165, 1.54) is 6.20 Å². The second-order valence-electron chi connectivity index (χ2n) is 4.98. The molecule has 2 saturated heterocycles. The summed E-state index contributed by atoms with van der Waals surface area (Å²) in [7, 11) is 0. The van der Waals surface area contributed by atoms with Gasteiger partial charge in [0.25, 0.3) is 0 Å². The largest absolute Gasteiger partial charge is 0.416 e. The van der Waals surface area contributed by atoms with E-state index in [0.29, 0.717) is 17.7 Å². The first-order valence-corrected chi connectivity index (χ1v) is 6.03. The number of anilines is 1. The van der Waals surface area contributed by atoms with Crippen LogP contribution in [-0.2, 0) is 6.18 Å². The zero-order valence-corrected chi connectivity index (χ0v) is 9.74. The summed E-state index contributed by atoms with van der Waals surface area (Å²) in [5.41, 5.74) is -0.623. The lowest BCUT2D eigenvalue weighted by Crippen LogP contribution is -2.26. The van der Waals surface area contributed by atoms with Crippen LogP contribution in [0.2, 0.25) is 0 Å². The van der Waals surface area contributed by atoms with Crippen LogP contribution in [0, 0.1) is 11.8 Å². The number of alkyl halides is 3. The molecular formula is C12H14F3N3. The molecule has 1 aromatic heterocycles. The van der Waals surface area contributed by atoms with Gasteiger partial charge in [-0.1, -0.05) is 0 Å². The fourth-order valence-electron chi connectivity index (χ4n) is 2.81. The Morgan fingerprint density at radius 1 is 1.22 bits per heavy atom. The van der Waals surface area contributed by atoms with Crippen molar-refractivity contribution < 1.29 is 13.2 Å². The maximum atomic E-state index is 12.6. The van der Waals surface area contributed by atoms with Gasteiger partial charge in [0.05, 0.1) is 5.56 Å². The van der Waals surface area contributed by atoms with Crippen molar-refractivity contribution in [2.75, 3.05) is 31.1 Å². The topological polar surface area (TPSA) is 28.2 Å². The highest BCUT2D eigenvalue weighted by molar-refractivity contribution is 5.43. The minimum absolute atomic E-state index is 0.444. The van der Waals surface area contributed by atoms with Crippen molar-refractivity contribution in [2.45, 2.75) is 6.18 Å². The van der Waals surface area contributed by atoms with Crippen molar-refractivity contribution in [1.82, 2.24) is 10.3 Å². The molecular weight excluding hydrogens is 243 g/mol. The van der Waals surface area contributed by atoms with Crippen LogP contribution in [0.1, 0.15) is 5.56 Å². The van der Waals surface area contributed by atoms with Crippen LogP contribution in [0.4, 0.5) is 19.0 Å². The predicted molar refractivity (Wildman–Crippen MR) is 61.3 cm³/mol. The third-order valence-corrected chi connectivity index (χ3v) is 3.79. The van der Waals surface area contributed by atoms with E-state index in [2.05, 4.69) is 10.3 Å². The van der Waals surface area contributed by atoms with Gasteiger partial charge >= 0.3 is 6.18 Å². The first-order valence-electron chi connectivity index (χ1n) is 6.03. The maximum absolute atomic E-state index is 12.6. The number of nitrogens with zero attached hydrogens (tertiary/aromatic N) is 2. The molecule has 98 valence electrons. The molecule has 0 amide bonds. The van der Waals surface area contributed by atoms with E-state index in [1.807, 2.05) is 4.90 Å². The van der Waals surface area contributed by atoms with Gasteiger partial charge in [0.15, 0.2) is 0 Å². The average Bonchev–Trinajstić information content (AvgIpc) is 2.88. The maximum Gasteiger partial charge on any atom is 0.416 e. The number of pyridine rings is 1. The number of halogens is 3. The Balaban J connectivity index is 1.81. The monoisotopic (exact) mass is 257 g/mol. The highest BCUT2D eigenvalue weighted by Gasteiger charge is 2.37. The number of hydrogen-bond donors (Lipinski definition) is 1. The standard InChI is InChI=1S/C12H14F3N3/c13-12(14,15)10-1-2-17-11(3-10)18-6-8-4-16-5-9(8)7-18/h1-3,8-9,16H,4-7H2. The molecule has 2 aliphatic rings. The van der Waals surface area contributed by atoms with E-state index in [4.69, 9.17) is 0 Å². The Labute approximate surface area is 103 Å². The summed E-state index contributed by atoms with van der Waals surface area (Å²) < 4.78 is 37.9. The van der Waals surface area contributed by atoms with Gasteiger partial charge in [-0.05, 0) is 24.0 Å². The Kier molecular flexibility index (Phi) is 2.69. The smallest absolute Gasteiger partial charge is 0.356 e. The highest BCUT2D eigenvalue weighted by atomic mass is 19.4. The van der Waals surface area contributed by atoms with E-state index in [0.717, 1.165) is 38.3 Å². The van der Waals surface area contributed by atoms with Gasteiger partial charge in [0.1, 0.15) is 5.82 Å². The molecule has 0 aromatic carbocycles. The fraction of sp³-hybridized carbons (Fsp3) is 0.583. The van der Waals surface area contributed by atoms with Gasteiger partial charge in [-0.3, -0.25) is 0 Å². The first-order chi connectivity index (χ1) is 8.54. The number of hydrogen-bond acceptors (Lipinski definition) is 3. The molecule has 0 bridgehead atoms. The average molecular weight is 257 g/mol. The third-order valence-electron chi connectivity index (χ3n) is 3.79. The zero-order chi connectivity index (χ0) is 12.8. The molecule has 2 aliphatic heterocycles. The minimum Gasteiger partial charge on any atom is -0.356 e. The Hall–Kier alpha value is -1.30. The zero-order valence-electron chi connectivity index (χ0n) is 9.74. The summed E-state index contributed by atoms with van der Waals surface area (Å²) in [6.07, 6.45) is -3.06. The van der Waals surface area contributed by atoms with Crippen molar-refractivity contribution in [3.8, 4) is 0 Å². The van der Waals surface area contributed by atoms with Gasteiger partial charge in [0.2, 0.25) is 0 Å². The van der Waals surface area contributed by atoms with Crippen LogP contribution < -0.4 is 10.2 Å². The number of rotatable bonds is 1. The lowest BCUT2D eigenvalue weighted by atomic mass is 10.0. The predicted octanol–water partition coefficient (Wildman–Crippen LogP) is 1.76. The second kappa shape index (κ2) is 4.12. The lowest BCUT2D eigenvalue weighted by Gasteiger charge is -2.19. The summed E-state index contributed by atoms with van der Waals surface area (Å²) in [5.74, 6) is 1.53. The van der Waals surface area contributed by atoms with Crippen LogP contribution >= 0.6 is 0 Å². The van der Waals surface area contributed by atoms with Gasteiger partial charge in [-0.25, -0.2) is 4.98 Å². The fourth-order valence-corrected chi connectivity index (χ4v) is 2.81. The van der Waals surface area contributed by atoms with Crippen molar-refractivity contribution in [1.29, 1.82) is 0 Å². The van der Waals surface area contributed by atoms with Gasteiger partial charge in [-0.2, -0.15) is 13.2 Å². The minimum atomic E-state index is -4.30. The molecule has 18 heavy (non-hydrogen) atoms. The molecule has 3 heterocycles. The second-order valence-corrected chi connectivity index (χ2v) is 4.98. The van der Waals surface area contributed by atoms with Crippen LogP contribution in [0.25, 0.3) is 0 Å². The molecule has 2 fully saturated rings. The quantitative estimate of drug-likeness (QED) is 0.831. The Morgan fingerprint density at radius 3 is 2.50 bits per heavy atom.